The third kappa shape index (κ3) is 2.73. The first-order valence-electron chi connectivity index (χ1n) is 7.62. The Hall–Kier alpha value is -2.25. The molecule has 2 aromatic carbocycles. The summed E-state index contributed by atoms with van der Waals surface area (Å²) >= 11 is 0. The zero-order chi connectivity index (χ0) is 18.2. The van der Waals surface area contributed by atoms with Gasteiger partial charge in [0.2, 0.25) is 0 Å². The van der Waals surface area contributed by atoms with E-state index in [-0.39, 0.29) is 11.5 Å². The highest BCUT2D eigenvalue weighted by Crippen LogP contribution is 2.64. The van der Waals surface area contributed by atoms with Crippen LogP contribution in [0.3, 0.4) is 0 Å². The van der Waals surface area contributed by atoms with Gasteiger partial charge in [-0.25, -0.2) is 12.8 Å². The van der Waals surface area contributed by atoms with Gasteiger partial charge in [-0.3, -0.25) is 4.79 Å². The van der Waals surface area contributed by atoms with Gasteiger partial charge >= 0.3 is 5.97 Å². The average molecular weight is 364 g/mol. The lowest BCUT2D eigenvalue weighted by atomic mass is 10.00. The van der Waals surface area contributed by atoms with Crippen LogP contribution in [0.1, 0.15) is 11.5 Å². The predicted octanol–water partition coefficient (Wildman–Crippen LogP) is 2.48. The van der Waals surface area contributed by atoms with E-state index in [1.807, 2.05) is 0 Å². The quantitative estimate of drug-likeness (QED) is 0.852. The molecule has 1 aliphatic rings. The summed E-state index contributed by atoms with van der Waals surface area (Å²) in [6.45, 7) is -0.278. The number of sulfone groups is 1. The van der Waals surface area contributed by atoms with Crippen LogP contribution in [0, 0.1) is 11.2 Å². The summed E-state index contributed by atoms with van der Waals surface area (Å²) in [7, 11) is -2.62. The summed E-state index contributed by atoms with van der Waals surface area (Å²) in [6, 6.07) is 13.1. The van der Waals surface area contributed by atoms with E-state index < -0.39 is 38.2 Å². The Morgan fingerprint density at radius 1 is 1.20 bits per heavy atom. The number of methoxy groups -OCH3 is 1. The molecule has 1 N–H and O–H groups in total. The van der Waals surface area contributed by atoms with Gasteiger partial charge in [0, 0.05) is 13.0 Å². The average Bonchev–Trinajstić information content (AvgIpc) is 3.27. The lowest BCUT2D eigenvalue weighted by Crippen LogP contribution is -2.28. The summed E-state index contributed by atoms with van der Waals surface area (Å²) < 4.78 is 44.7. The summed E-state index contributed by atoms with van der Waals surface area (Å²) in [5.41, 5.74) is -1.30. The van der Waals surface area contributed by atoms with Gasteiger partial charge in [0.15, 0.2) is 9.84 Å². The van der Waals surface area contributed by atoms with Crippen LogP contribution in [-0.4, -0.2) is 38.5 Å². The van der Waals surface area contributed by atoms with E-state index in [0.29, 0.717) is 5.56 Å². The van der Waals surface area contributed by atoms with E-state index in [9.17, 15) is 22.7 Å². The first-order chi connectivity index (χ1) is 11.9. The van der Waals surface area contributed by atoms with Crippen LogP contribution in [0.4, 0.5) is 4.39 Å². The van der Waals surface area contributed by atoms with Crippen LogP contribution in [0.15, 0.2) is 59.5 Å². The summed E-state index contributed by atoms with van der Waals surface area (Å²) in [6.07, 6.45) is 0. The van der Waals surface area contributed by atoms with Gasteiger partial charge in [-0.1, -0.05) is 30.3 Å². The molecule has 0 heterocycles. The number of aliphatic carboxylic acids is 1. The van der Waals surface area contributed by atoms with Crippen LogP contribution < -0.4 is 0 Å². The number of ether oxygens (including phenoxy) is 1. The van der Waals surface area contributed by atoms with Gasteiger partial charge in [0.25, 0.3) is 0 Å². The number of carboxylic acid groups (broad SMARTS) is 1. The molecule has 0 bridgehead atoms. The van der Waals surface area contributed by atoms with E-state index in [4.69, 9.17) is 4.74 Å². The zero-order valence-corrected chi connectivity index (χ0v) is 14.2. The normalized spacial score (nSPS) is 25.5. The van der Waals surface area contributed by atoms with Crippen molar-refractivity contribution in [2.75, 3.05) is 13.7 Å². The standard InChI is InChI=1S/C18H17FO5S/c1-24-11-18(17(20)21)15(12-6-5-7-13(19)10-12)16(18)25(22,23)14-8-3-2-4-9-14/h2-10,15-16H,11H2,1H3,(H,20,21)/t15-,16-,18+/m0/s1. The number of hydrogen-bond donors (Lipinski definition) is 1. The zero-order valence-electron chi connectivity index (χ0n) is 13.4. The molecule has 0 radical (unpaired) electrons. The molecule has 0 unspecified atom stereocenters. The first-order valence-corrected chi connectivity index (χ1v) is 9.17. The third-order valence-electron chi connectivity index (χ3n) is 4.65. The lowest BCUT2D eigenvalue weighted by molar-refractivity contribution is -0.145. The SMILES string of the molecule is COC[C@@]1(C(=O)O)[C@@H](c2cccc(F)c2)[C@@H]1S(=O)(=O)c1ccccc1. The number of hydrogen-bond acceptors (Lipinski definition) is 4. The van der Waals surface area contributed by atoms with Gasteiger partial charge in [-0.15, -0.1) is 0 Å². The maximum absolute atomic E-state index is 13.6. The van der Waals surface area contributed by atoms with Gasteiger partial charge in [0.05, 0.1) is 16.8 Å². The molecule has 0 aromatic heterocycles. The molecular formula is C18H17FO5S. The molecule has 5 nitrogen and oxygen atoms in total. The Morgan fingerprint density at radius 2 is 1.88 bits per heavy atom. The molecule has 0 aliphatic heterocycles. The highest BCUT2D eigenvalue weighted by Gasteiger charge is 2.76. The second kappa shape index (κ2) is 6.24. The molecule has 1 saturated carbocycles. The monoisotopic (exact) mass is 364 g/mol. The van der Waals surface area contributed by atoms with Crippen molar-refractivity contribution in [3.05, 3.63) is 66.0 Å². The molecule has 2 aromatic rings. The van der Waals surface area contributed by atoms with Crippen LogP contribution in [0.5, 0.6) is 0 Å². The van der Waals surface area contributed by atoms with Crippen LogP contribution in [0.25, 0.3) is 0 Å². The largest absolute Gasteiger partial charge is 0.481 e. The van der Waals surface area contributed by atoms with Crippen molar-refractivity contribution in [1.29, 1.82) is 0 Å². The Balaban J connectivity index is 2.14. The van der Waals surface area contributed by atoms with Crippen molar-refractivity contribution in [2.45, 2.75) is 16.1 Å². The predicted molar refractivity (Wildman–Crippen MR) is 88.5 cm³/mol. The summed E-state index contributed by atoms with van der Waals surface area (Å²) in [5.74, 6) is -2.70. The highest BCUT2D eigenvalue weighted by molar-refractivity contribution is 7.92. The Morgan fingerprint density at radius 3 is 2.44 bits per heavy atom. The Kier molecular flexibility index (Phi) is 4.38. The summed E-state index contributed by atoms with van der Waals surface area (Å²) in [5, 5.41) is 8.56. The molecule has 1 fully saturated rings. The second-order valence-corrected chi connectivity index (χ2v) is 8.16. The number of halogens is 1. The fourth-order valence-corrected chi connectivity index (χ4v) is 5.90. The summed E-state index contributed by atoms with van der Waals surface area (Å²) in [4.78, 5) is 12.0. The van der Waals surface area contributed by atoms with E-state index in [2.05, 4.69) is 0 Å². The lowest BCUT2D eigenvalue weighted by Gasteiger charge is -2.12. The molecule has 1 aliphatic carbocycles. The van der Waals surface area contributed by atoms with Crippen LogP contribution in [-0.2, 0) is 19.4 Å². The maximum atomic E-state index is 13.6. The fraction of sp³-hybridized carbons (Fsp3) is 0.278. The molecule has 0 amide bonds. The Bertz CT molecular complexity index is 897. The smallest absolute Gasteiger partial charge is 0.314 e. The van der Waals surface area contributed by atoms with E-state index in [0.717, 1.165) is 0 Å². The minimum atomic E-state index is -3.93. The number of rotatable bonds is 6. The van der Waals surface area contributed by atoms with Crippen molar-refractivity contribution in [3.63, 3.8) is 0 Å². The van der Waals surface area contributed by atoms with E-state index >= 15 is 0 Å². The molecule has 7 heteroatoms. The van der Waals surface area contributed by atoms with Gasteiger partial charge in [0.1, 0.15) is 11.2 Å². The van der Waals surface area contributed by atoms with Gasteiger partial charge in [-0.05, 0) is 29.8 Å². The third-order valence-corrected chi connectivity index (χ3v) is 6.94. The minimum Gasteiger partial charge on any atom is -0.481 e. The fourth-order valence-electron chi connectivity index (χ4n) is 3.52. The molecule has 0 spiro atoms. The van der Waals surface area contributed by atoms with Gasteiger partial charge in [-0.2, -0.15) is 0 Å². The van der Waals surface area contributed by atoms with Crippen molar-refractivity contribution in [2.24, 2.45) is 5.41 Å². The van der Waals surface area contributed by atoms with Crippen LogP contribution in [0.2, 0.25) is 0 Å². The number of carbonyl (C=O) groups is 1. The maximum Gasteiger partial charge on any atom is 0.314 e. The number of benzene rings is 2. The molecule has 3 atom stereocenters. The molecular weight excluding hydrogens is 347 g/mol. The van der Waals surface area contributed by atoms with Crippen molar-refractivity contribution < 1.29 is 27.4 Å². The topological polar surface area (TPSA) is 80.7 Å². The first kappa shape index (κ1) is 17.6. The molecule has 3 rings (SSSR count). The van der Waals surface area contributed by atoms with E-state index in [1.54, 1.807) is 24.3 Å². The van der Waals surface area contributed by atoms with Crippen molar-refractivity contribution in [3.8, 4) is 0 Å². The van der Waals surface area contributed by atoms with E-state index in [1.165, 1.54) is 37.4 Å². The molecule has 25 heavy (non-hydrogen) atoms. The molecule has 0 saturated heterocycles. The number of carboxylic acids is 1. The van der Waals surface area contributed by atoms with Crippen LogP contribution >= 0.6 is 0 Å². The van der Waals surface area contributed by atoms with Gasteiger partial charge < -0.3 is 9.84 Å². The minimum absolute atomic E-state index is 0.0423. The molecule has 132 valence electrons. The van der Waals surface area contributed by atoms with Crippen molar-refractivity contribution >= 4 is 15.8 Å². The Labute approximate surface area is 145 Å². The van der Waals surface area contributed by atoms with Crippen molar-refractivity contribution in [1.82, 2.24) is 0 Å². The highest BCUT2D eigenvalue weighted by atomic mass is 32.2. The second-order valence-electron chi connectivity index (χ2n) is 6.09.